The normalized spacial score (nSPS) is 17.3. The minimum atomic E-state index is 0.171. The van der Waals surface area contributed by atoms with E-state index in [4.69, 9.17) is 14.2 Å². The minimum absolute atomic E-state index is 0.171. The van der Waals surface area contributed by atoms with Gasteiger partial charge in [-0.25, -0.2) is 4.99 Å². The highest BCUT2D eigenvalue weighted by molar-refractivity contribution is 5.79. The molecule has 1 unspecified atom stereocenters. The van der Waals surface area contributed by atoms with Crippen LogP contribution in [-0.2, 0) is 16.0 Å². The van der Waals surface area contributed by atoms with E-state index in [0.29, 0.717) is 19.3 Å². The predicted octanol–water partition coefficient (Wildman–Crippen LogP) is 3.11. The van der Waals surface area contributed by atoms with Crippen LogP contribution in [0.15, 0.2) is 29.3 Å². The van der Waals surface area contributed by atoms with Crippen molar-refractivity contribution in [2.24, 2.45) is 4.99 Å². The van der Waals surface area contributed by atoms with Crippen molar-refractivity contribution in [3.05, 3.63) is 29.8 Å². The first-order valence-corrected chi connectivity index (χ1v) is 10.1. The zero-order valence-corrected chi connectivity index (χ0v) is 17.0. The van der Waals surface area contributed by atoms with Gasteiger partial charge in [0.2, 0.25) is 0 Å². The van der Waals surface area contributed by atoms with Gasteiger partial charge in [0, 0.05) is 26.3 Å². The number of benzene rings is 1. The molecule has 0 bridgehead atoms. The van der Waals surface area contributed by atoms with E-state index < -0.39 is 0 Å². The summed E-state index contributed by atoms with van der Waals surface area (Å²) < 4.78 is 17.0. The second kappa shape index (κ2) is 12.6. The molecule has 0 spiro atoms. The molecule has 0 aliphatic carbocycles. The summed E-state index contributed by atoms with van der Waals surface area (Å²) in [7, 11) is 0. The molecule has 1 aliphatic heterocycles. The second-order valence-corrected chi connectivity index (χ2v) is 7.00. The molecule has 0 aromatic heterocycles. The fourth-order valence-corrected chi connectivity index (χ4v) is 2.87. The van der Waals surface area contributed by atoms with Crippen LogP contribution in [-0.4, -0.2) is 51.1 Å². The summed E-state index contributed by atoms with van der Waals surface area (Å²) in [6.07, 6.45) is 3.69. The van der Waals surface area contributed by atoms with Crippen molar-refractivity contribution in [3.63, 3.8) is 0 Å². The maximum Gasteiger partial charge on any atom is 0.191 e. The topological polar surface area (TPSA) is 64.1 Å². The number of nitrogens with one attached hydrogen (secondary N) is 2. The van der Waals surface area contributed by atoms with Crippen molar-refractivity contribution in [3.8, 4) is 5.75 Å². The third-order valence-corrected chi connectivity index (χ3v) is 4.12. The van der Waals surface area contributed by atoms with Gasteiger partial charge in [0.25, 0.3) is 0 Å². The van der Waals surface area contributed by atoms with Crippen LogP contribution in [0.2, 0.25) is 0 Å². The molecule has 0 amide bonds. The van der Waals surface area contributed by atoms with Gasteiger partial charge in [0.1, 0.15) is 5.75 Å². The largest absolute Gasteiger partial charge is 0.491 e. The second-order valence-electron chi connectivity index (χ2n) is 7.00. The maximum absolute atomic E-state index is 5.75. The first kappa shape index (κ1) is 21.5. The first-order valence-electron chi connectivity index (χ1n) is 10.1. The van der Waals surface area contributed by atoms with E-state index >= 15 is 0 Å². The average Bonchev–Trinajstić information content (AvgIpc) is 3.15. The Kier molecular flexibility index (Phi) is 10.0. The SMILES string of the molecule is CCNC(=NCc1cccc(OC(C)C)c1)NCCCOCC1CCCO1. The molecule has 1 fully saturated rings. The summed E-state index contributed by atoms with van der Waals surface area (Å²) in [4.78, 5) is 4.66. The zero-order valence-electron chi connectivity index (χ0n) is 17.0. The van der Waals surface area contributed by atoms with Gasteiger partial charge in [-0.3, -0.25) is 0 Å². The minimum Gasteiger partial charge on any atom is -0.491 e. The monoisotopic (exact) mass is 377 g/mol. The van der Waals surface area contributed by atoms with Crippen molar-refractivity contribution in [1.29, 1.82) is 0 Å². The van der Waals surface area contributed by atoms with Gasteiger partial charge in [0.05, 0.1) is 25.4 Å². The number of aliphatic imine (C=N–C) groups is 1. The Labute approximate surface area is 163 Å². The predicted molar refractivity (Wildman–Crippen MR) is 109 cm³/mol. The van der Waals surface area contributed by atoms with E-state index in [1.54, 1.807) is 0 Å². The summed E-state index contributed by atoms with van der Waals surface area (Å²) in [5, 5.41) is 6.64. The van der Waals surface area contributed by atoms with E-state index in [2.05, 4.69) is 28.6 Å². The lowest BCUT2D eigenvalue weighted by molar-refractivity contribution is 0.0168. The number of nitrogens with zero attached hydrogens (tertiary/aromatic N) is 1. The van der Waals surface area contributed by atoms with Gasteiger partial charge in [-0.05, 0) is 57.7 Å². The molecule has 152 valence electrons. The zero-order chi connectivity index (χ0) is 19.3. The molecule has 6 nitrogen and oxygen atoms in total. The van der Waals surface area contributed by atoms with E-state index in [9.17, 15) is 0 Å². The molecule has 0 radical (unpaired) electrons. The highest BCUT2D eigenvalue weighted by Crippen LogP contribution is 2.15. The molecule has 1 atom stereocenters. The van der Waals surface area contributed by atoms with E-state index in [1.165, 1.54) is 0 Å². The van der Waals surface area contributed by atoms with Crippen molar-refractivity contribution >= 4 is 5.96 Å². The Morgan fingerprint density at radius 1 is 1.33 bits per heavy atom. The summed E-state index contributed by atoms with van der Waals surface area (Å²) >= 11 is 0. The molecule has 1 aromatic carbocycles. The van der Waals surface area contributed by atoms with Crippen LogP contribution in [0.25, 0.3) is 0 Å². The quantitative estimate of drug-likeness (QED) is 0.352. The van der Waals surface area contributed by atoms with Gasteiger partial charge in [-0.1, -0.05) is 12.1 Å². The summed E-state index contributed by atoms with van der Waals surface area (Å²) in [5.74, 6) is 1.71. The molecule has 2 rings (SSSR count). The summed E-state index contributed by atoms with van der Waals surface area (Å²) in [5.41, 5.74) is 1.13. The molecule has 1 aromatic rings. The van der Waals surface area contributed by atoms with Crippen LogP contribution < -0.4 is 15.4 Å². The average molecular weight is 378 g/mol. The molecule has 1 aliphatic rings. The van der Waals surface area contributed by atoms with Crippen molar-refractivity contribution in [1.82, 2.24) is 10.6 Å². The number of ether oxygens (including phenoxy) is 3. The number of guanidine groups is 1. The van der Waals surface area contributed by atoms with Gasteiger partial charge in [-0.2, -0.15) is 0 Å². The maximum atomic E-state index is 5.75. The van der Waals surface area contributed by atoms with Crippen LogP contribution in [0.4, 0.5) is 0 Å². The number of rotatable bonds is 11. The lowest BCUT2D eigenvalue weighted by Crippen LogP contribution is -2.38. The Morgan fingerprint density at radius 2 is 2.22 bits per heavy atom. The standard InChI is InChI=1S/C21H35N3O3/c1-4-22-21(23-11-7-12-25-16-20-10-6-13-26-20)24-15-18-8-5-9-19(14-18)27-17(2)3/h5,8-9,14,17,20H,4,6-7,10-13,15-16H2,1-3H3,(H2,22,23,24). The molecule has 27 heavy (non-hydrogen) atoms. The van der Waals surface area contributed by atoms with Crippen LogP contribution in [0.3, 0.4) is 0 Å². The van der Waals surface area contributed by atoms with Crippen LogP contribution >= 0.6 is 0 Å². The Bertz CT molecular complexity index is 557. The van der Waals surface area contributed by atoms with Crippen molar-refractivity contribution in [2.75, 3.05) is 32.9 Å². The molecule has 2 N–H and O–H groups in total. The molecule has 1 heterocycles. The van der Waals surface area contributed by atoms with Gasteiger partial charge >= 0.3 is 0 Å². The van der Waals surface area contributed by atoms with Crippen molar-refractivity contribution < 1.29 is 14.2 Å². The van der Waals surface area contributed by atoms with E-state index in [1.807, 2.05) is 32.0 Å². The Morgan fingerprint density at radius 3 is 2.96 bits per heavy atom. The van der Waals surface area contributed by atoms with Gasteiger partial charge < -0.3 is 24.8 Å². The number of hydrogen-bond acceptors (Lipinski definition) is 4. The number of hydrogen-bond donors (Lipinski definition) is 2. The van der Waals surface area contributed by atoms with Gasteiger partial charge in [0.15, 0.2) is 5.96 Å². The molecule has 0 saturated carbocycles. The highest BCUT2D eigenvalue weighted by atomic mass is 16.5. The third-order valence-electron chi connectivity index (χ3n) is 4.12. The third kappa shape index (κ3) is 9.11. The lowest BCUT2D eigenvalue weighted by Gasteiger charge is -2.13. The smallest absolute Gasteiger partial charge is 0.191 e. The molecular weight excluding hydrogens is 342 g/mol. The van der Waals surface area contributed by atoms with Crippen LogP contribution in [0, 0.1) is 0 Å². The van der Waals surface area contributed by atoms with E-state index in [0.717, 1.165) is 62.8 Å². The van der Waals surface area contributed by atoms with Crippen molar-refractivity contribution in [2.45, 2.75) is 58.8 Å². The fourth-order valence-electron chi connectivity index (χ4n) is 2.87. The van der Waals surface area contributed by atoms with E-state index in [-0.39, 0.29) is 6.10 Å². The molecule has 1 saturated heterocycles. The molecular formula is C21H35N3O3. The first-order chi connectivity index (χ1) is 13.2. The van der Waals surface area contributed by atoms with Gasteiger partial charge in [-0.15, -0.1) is 0 Å². The Balaban J connectivity index is 1.69. The summed E-state index contributed by atoms with van der Waals surface area (Å²) in [6.45, 7) is 10.7. The fraction of sp³-hybridized carbons (Fsp3) is 0.667. The Hall–Kier alpha value is -1.79. The highest BCUT2D eigenvalue weighted by Gasteiger charge is 2.14. The lowest BCUT2D eigenvalue weighted by atomic mass is 10.2. The summed E-state index contributed by atoms with van der Waals surface area (Å²) in [6, 6.07) is 8.10. The van der Waals surface area contributed by atoms with Crippen LogP contribution in [0.1, 0.15) is 45.6 Å². The molecule has 6 heteroatoms. The van der Waals surface area contributed by atoms with Crippen LogP contribution in [0.5, 0.6) is 5.75 Å².